The maximum Gasteiger partial charge on any atom is 0.253 e. The first-order chi connectivity index (χ1) is 15.0. The fourth-order valence-electron chi connectivity index (χ4n) is 3.21. The molecule has 2 aromatic carbocycles. The van der Waals surface area contributed by atoms with Gasteiger partial charge in [-0.2, -0.15) is 0 Å². The number of hydrogen-bond acceptors (Lipinski definition) is 6. The number of anilines is 2. The molecule has 1 amide bonds. The highest BCUT2D eigenvalue weighted by Gasteiger charge is 2.16. The predicted octanol–water partition coefficient (Wildman–Crippen LogP) is 4.58. The summed E-state index contributed by atoms with van der Waals surface area (Å²) in [5.41, 5.74) is 2.74. The molecule has 0 spiro atoms. The Kier molecular flexibility index (Phi) is 5.75. The van der Waals surface area contributed by atoms with Crippen molar-refractivity contribution >= 4 is 28.3 Å². The SMILES string of the molecule is COc1ccc2nc(-c3cccnc3)nc(Nc3ccccc3C(=O)NC(C)C)c2c1. The van der Waals surface area contributed by atoms with Gasteiger partial charge in [-0.15, -0.1) is 0 Å². The third-order valence-corrected chi connectivity index (χ3v) is 4.67. The minimum Gasteiger partial charge on any atom is -0.497 e. The van der Waals surface area contributed by atoms with E-state index in [9.17, 15) is 4.79 Å². The first-order valence-corrected chi connectivity index (χ1v) is 9.98. The molecule has 31 heavy (non-hydrogen) atoms. The lowest BCUT2D eigenvalue weighted by atomic mass is 10.1. The van der Waals surface area contributed by atoms with E-state index in [0.717, 1.165) is 16.5 Å². The van der Waals surface area contributed by atoms with Gasteiger partial charge in [-0.05, 0) is 56.3 Å². The van der Waals surface area contributed by atoms with Gasteiger partial charge in [0, 0.05) is 29.4 Å². The number of carbonyl (C=O) groups is 1. The van der Waals surface area contributed by atoms with E-state index in [1.807, 2.05) is 62.4 Å². The molecule has 0 saturated heterocycles. The van der Waals surface area contributed by atoms with Crippen LogP contribution in [0.2, 0.25) is 0 Å². The van der Waals surface area contributed by atoms with Gasteiger partial charge in [0.25, 0.3) is 5.91 Å². The van der Waals surface area contributed by atoms with Crippen molar-refractivity contribution in [3.05, 3.63) is 72.6 Å². The van der Waals surface area contributed by atoms with Crippen molar-refractivity contribution in [3.8, 4) is 17.1 Å². The molecule has 2 N–H and O–H groups in total. The van der Waals surface area contributed by atoms with E-state index in [2.05, 4.69) is 15.6 Å². The van der Waals surface area contributed by atoms with E-state index < -0.39 is 0 Å². The summed E-state index contributed by atoms with van der Waals surface area (Å²) in [6.45, 7) is 3.86. The molecule has 2 aromatic heterocycles. The monoisotopic (exact) mass is 413 g/mol. The fraction of sp³-hybridized carbons (Fsp3) is 0.167. The Balaban J connectivity index is 1.84. The minimum atomic E-state index is -0.151. The number of para-hydroxylation sites is 1. The average molecular weight is 413 g/mol. The Hall–Kier alpha value is -4.00. The number of carbonyl (C=O) groups excluding carboxylic acids is 1. The van der Waals surface area contributed by atoms with Crippen molar-refractivity contribution in [2.75, 3.05) is 12.4 Å². The van der Waals surface area contributed by atoms with Crippen molar-refractivity contribution in [1.29, 1.82) is 0 Å². The number of benzene rings is 2. The average Bonchev–Trinajstić information content (AvgIpc) is 2.79. The first kappa shape index (κ1) is 20.3. The van der Waals surface area contributed by atoms with E-state index in [4.69, 9.17) is 14.7 Å². The molecule has 0 aliphatic heterocycles. The first-order valence-electron chi connectivity index (χ1n) is 9.98. The van der Waals surface area contributed by atoms with Crippen LogP contribution >= 0.6 is 0 Å². The lowest BCUT2D eigenvalue weighted by Gasteiger charge is -2.15. The summed E-state index contributed by atoms with van der Waals surface area (Å²) >= 11 is 0. The summed E-state index contributed by atoms with van der Waals surface area (Å²) in [6.07, 6.45) is 3.43. The Morgan fingerprint density at radius 1 is 1.03 bits per heavy atom. The number of hydrogen-bond donors (Lipinski definition) is 2. The third kappa shape index (κ3) is 4.45. The molecule has 0 aliphatic rings. The topological polar surface area (TPSA) is 89.0 Å². The molecule has 0 aliphatic carbocycles. The molecule has 7 heteroatoms. The summed E-state index contributed by atoms with van der Waals surface area (Å²) in [5, 5.41) is 7.06. The zero-order chi connectivity index (χ0) is 21.8. The molecular weight excluding hydrogens is 390 g/mol. The van der Waals surface area contributed by atoms with Gasteiger partial charge < -0.3 is 15.4 Å². The molecule has 0 bridgehead atoms. The normalized spacial score (nSPS) is 10.8. The Morgan fingerprint density at radius 3 is 2.61 bits per heavy atom. The summed E-state index contributed by atoms with van der Waals surface area (Å²) in [7, 11) is 1.62. The lowest BCUT2D eigenvalue weighted by Crippen LogP contribution is -2.30. The van der Waals surface area contributed by atoms with Crippen LogP contribution in [0.5, 0.6) is 5.75 Å². The highest BCUT2D eigenvalue weighted by molar-refractivity contribution is 6.02. The highest BCUT2D eigenvalue weighted by atomic mass is 16.5. The molecular formula is C24H23N5O2. The molecule has 2 heterocycles. The van der Waals surface area contributed by atoms with E-state index >= 15 is 0 Å². The number of ether oxygens (including phenoxy) is 1. The number of fused-ring (bicyclic) bond motifs is 1. The van der Waals surface area contributed by atoms with Crippen LogP contribution < -0.4 is 15.4 Å². The van der Waals surface area contributed by atoms with Crippen LogP contribution in [-0.4, -0.2) is 34.0 Å². The van der Waals surface area contributed by atoms with E-state index in [0.29, 0.717) is 28.6 Å². The summed E-state index contributed by atoms with van der Waals surface area (Å²) < 4.78 is 5.39. The second-order valence-corrected chi connectivity index (χ2v) is 7.32. The number of amides is 1. The molecule has 0 saturated carbocycles. The van der Waals surface area contributed by atoms with Gasteiger partial charge in [-0.1, -0.05) is 12.1 Å². The largest absolute Gasteiger partial charge is 0.497 e. The predicted molar refractivity (Wildman–Crippen MR) is 122 cm³/mol. The van der Waals surface area contributed by atoms with Crippen LogP contribution in [0.4, 0.5) is 11.5 Å². The van der Waals surface area contributed by atoms with Crippen LogP contribution in [0.1, 0.15) is 24.2 Å². The standard InChI is InChI=1S/C24H23N5O2/c1-15(2)26-24(30)18-8-4-5-9-20(18)28-23-19-13-17(31-3)10-11-21(19)27-22(29-23)16-7-6-12-25-14-16/h4-15H,1-3H3,(H,26,30)(H,27,28,29). The van der Waals surface area contributed by atoms with Crippen LogP contribution in [0, 0.1) is 0 Å². The van der Waals surface area contributed by atoms with Gasteiger partial charge in [0.15, 0.2) is 5.82 Å². The van der Waals surface area contributed by atoms with Gasteiger partial charge in [0.1, 0.15) is 11.6 Å². The Labute approximate surface area is 180 Å². The van der Waals surface area contributed by atoms with Gasteiger partial charge in [0.2, 0.25) is 0 Å². The van der Waals surface area contributed by atoms with Crippen LogP contribution in [0.15, 0.2) is 67.0 Å². The molecule has 156 valence electrons. The Bertz CT molecular complexity index is 1230. The highest BCUT2D eigenvalue weighted by Crippen LogP contribution is 2.31. The smallest absolute Gasteiger partial charge is 0.253 e. The zero-order valence-electron chi connectivity index (χ0n) is 17.6. The molecule has 0 atom stereocenters. The zero-order valence-corrected chi connectivity index (χ0v) is 17.6. The summed E-state index contributed by atoms with van der Waals surface area (Å²) in [5.74, 6) is 1.66. The Morgan fingerprint density at radius 2 is 1.87 bits per heavy atom. The number of aromatic nitrogens is 3. The number of nitrogens with zero attached hydrogens (tertiary/aromatic N) is 3. The second kappa shape index (κ2) is 8.79. The minimum absolute atomic E-state index is 0.0295. The van der Waals surface area contributed by atoms with E-state index in [1.165, 1.54) is 0 Å². The molecule has 4 aromatic rings. The van der Waals surface area contributed by atoms with Crippen molar-refractivity contribution in [1.82, 2.24) is 20.3 Å². The number of nitrogens with one attached hydrogen (secondary N) is 2. The molecule has 0 unspecified atom stereocenters. The summed E-state index contributed by atoms with van der Waals surface area (Å²) in [6, 6.07) is 16.8. The van der Waals surface area contributed by atoms with Crippen molar-refractivity contribution in [2.24, 2.45) is 0 Å². The quantitative estimate of drug-likeness (QED) is 0.481. The van der Waals surface area contributed by atoms with Crippen molar-refractivity contribution in [3.63, 3.8) is 0 Å². The van der Waals surface area contributed by atoms with Crippen LogP contribution in [0.3, 0.4) is 0 Å². The van der Waals surface area contributed by atoms with E-state index in [-0.39, 0.29) is 11.9 Å². The fourth-order valence-corrected chi connectivity index (χ4v) is 3.21. The molecule has 0 fully saturated rings. The van der Waals surface area contributed by atoms with Crippen LogP contribution in [-0.2, 0) is 0 Å². The summed E-state index contributed by atoms with van der Waals surface area (Å²) in [4.78, 5) is 26.3. The number of methoxy groups -OCH3 is 1. The van der Waals surface area contributed by atoms with Crippen molar-refractivity contribution < 1.29 is 9.53 Å². The molecule has 4 rings (SSSR count). The van der Waals surface area contributed by atoms with Gasteiger partial charge in [-0.3, -0.25) is 9.78 Å². The number of pyridine rings is 1. The third-order valence-electron chi connectivity index (χ3n) is 4.67. The van der Waals surface area contributed by atoms with Crippen LogP contribution in [0.25, 0.3) is 22.3 Å². The molecule has 0 radical (unpaired) electrons. The van der Waals surface area contributed by atoms with E-state index in [1.54, 1.807) is 25.6 Å². The maximum absolute atomic E-state index is 12.7. The second-order valence-electron chi connectivity index (χ2n) is 7.32. The van der Waals surface area contributed by atoms with Gasteiger partial charge >= 0.3 is 0 Å². The number of rotatable bonds is 6. The molecule has 7 nitrogen and oxygen atoms in total. The van der Waals surface area contributed by atoms with Gasteiger partial charge in [-0.25, -0.2) is 9.97 Å². The van der Waals surface area contributed by atoms with Gasteiger partial charge in [0.05, 0.1) is 23.9 Å². The van der Waals surface area contributed by atoms with Crippen molar-refractivity contribution in [2.45, 2.75) is 19.9 Å². The lowest BCUT2D eigenvalue weighted by molar-refractivity contribution is 0.0944. The maximum atomic E-state index is 12.7.